The number of carbonyl (C=O) groups is 1. The Kier molecular flexibility index (Phi) is 4.29. The van der Waals surface area contributed by atoms with Gasteiger partial charge in [-0.2, -0.15) is 0 Å². The summed E-state index contributed by atoms with van der Waals surface area (Å²) in [5, 5.41) is 3.34. The fourth-order valence-electron chi connectivity index (χ4n) is 3.36. The summed E-state index contributed by atoms with van der Waals surface area (Å²) in [6.07, 6.45) is 2.25. The largest absolute Gasteiger partial charge is 0.481 e. The number of rotatable bonds is 3. The Balaban J connectivity index is 1.70. The molecule has 6 heteroatoms. The van der Waals surface area contributed by atoms with Crippen molar-refractivity contribution in [1.29, 1.82) is 0 Å². The van der Waals surface area contributed by atoms with Crippen molar-refractivity contribution in [1.82, 2.24) is 10.2 Å². The average Bonchev–Trinajstić information content (AvgIpc) is 2.75. The van der Waals surface area contributed by atoms with Crippen LogP contribution < -0.4 is 10.1 Å². The van der Waals surface area contributed by atoms with E-state index in [1.807, 2.05) is 4.90 Å². The molecule has 1 amide bonds. The van der Waals surface area contributed by atoms with Crippen LogP contribution >= 0.6 is 0 Å². The van der Waals surface area contributed by atoms with Gasteiger partial charge in [-0.15, -0.1) is 0 Å². The Morgan fingerprint density at radius 3 is 2.82 bits per heavy atom. The van der Waals surface area contributed by atoms with Gasteiger partial charge < -0.3 is 15.0 Å². The molecule has 22 heavy (non-hydrogen) atoms. The highest BCUT2D eigenvalue weighted by Gasteiger charge is 2.40. The van der Waals surface area contributed by atoms with E-state index in [4.69, 9.17) is 4.74 Å². The first-order chi connectivity index (χ1) is 10.6. The number of benzene rings is 1. The number of fused-ring (bicyclic) bond motifs is 2. The van der Waals surface area contributed by atoms with Crippen molar-refractivity contribution < 1.29 is 18.3 Å². The lowest BCUT2D eigenvalue weighted by molar-refractivity contribution is -0.140. The number of nitrogens with one attached hydrogen (secondary N) is 1. The van der Waals surface area contributed by atoms with Crippen LogP contribution in [0.1, 0.15) is 26.2 Å². The summed E-state index contributed by atoms with van der Waals surface area (Å²) in [7, 11) is 0. The molecule has 120 valence electrons. The molecule has 2 aliphatic rings. The lowest BCUT2D eigenvalue weighted by Gasteiger charge is -2.30. The van der Waals surface area contributed by atoms with E-state index in [0.717, 1.165) is 44.5 Å². The molecule has 2 aliphatic heterocycles. The summed E-state index contributed by atoms with van der Waals surface area (Å²) in [4.78, 5) is 14.6. The van der Waals surface area contributed by atoms with Crippen LogP contribution in [0.2, 0.25) is 0 Å². The van der Waals surface area contributed by atoms with Gasteiger partial charge in [-0.1, -0.05) is 0 Å². The summed E-state index contributed by atoms with van der Waals surface area (Å²) in [5.74, 6) is -1.82. The molecule has 3 rings (SSSR count). The van der Waals surface area contributed by atoms with Crippen molar-refractivity contribution in [3.05, 3.63) is 29.8 Å². The van der Waals surface area contributed by atoms with Crippen LogP contribution in [-0.2, 0) is 4.79 Å². The molecule has 1 aromatic carbocycles. The smallest absolute Gasteiger partial charge is 0.263 e. The van der Waals surface area contributed by atoms with E-state index in [-0.39, 0.29) is 23.7 Å². The van der Waals surface area contributed by atoms with E-state index in [1.54, 1.807) is 6.92 Å². The minimum absolute atomic E-state index is 0.0825. The summed E-state index contributed by atoms with van der Waals surface area (Å²) in [6.45, 7) is 3.38. The SMILES string of the molecule is CC(Oc1ccc(F)c(F)c1)C(=O)N1C2CCNCC1CC2. The molecule has 3 atom stereocenters. The Hall–Kier alpha value is -1.69. The lowest BCUT2D eigenvalue weighted by Crippen LogP contribution is -2.48. The number of hydrogen-bond acceptors (Lipinski definition) is 3. The number of ether oxygens (including phenoxy) is 1. The third kappa shape index (κ3) is 2.92. The summed E-state index contributed by atoms with van der Waals surface area (Å²) < 4.78 is 31.7. The van der Waals surface area contributed by atoms with Gasteiger partial charge in [0.25, 0.3) is 5.91 Å². The van der Waals surface area contributed by atoms with Crippen molar-refractivity contribution in [2.75, 3.05) is 13.1 Å². The van der Waals surface area contributed by atoms with E-state index < -0.39 is 17.7 Å². The normalized spacial score (nSPS) is 25.7. The maximum atomic E-state index is 13.2. The van der Waals surface area contributed by atoms with E-state index in [9.17, 15) is 13.6 Å². The molecule has 2 fully saturated rings. The third-order valence-corrected chi connectivity index (χ3v) is 4.46. The van der Waals surface area contributed by atoms with Crippen molar-refractivity contribution >= 4 is 5.91 Å². The van der Waals surface area contributed by atoms with Crippen LogP contribution in [0.5, 0.6) is 5.75 Å². The third-order valence-electron chi connectivity index (χ3n) is 4.46. The molecule has 3 unspecified atom stereocenters. The molecule has 0 aromatic heterocycles. The predicted molar refractivity (Wildman–Crippen MR) is 77.6 cm³/mol. The summed E-state index contributed by atoms with van der Waals surface area (Å²) in [5.41, 5.74) is 0. The number of hydrogen-bond donors (Lipinski definition) is 1. The number of halogens is 2. The molecule has 0 saturated carbocycles. The summed E-state index contributed by atoms with van der Waals surface area (Å²) >= 11 is 0. The molecular formula is C16H20F2N2O2. The first kappa shape index (κ1) is 15.2. The first-order valence-electron chi connectivity index (χ1n) is 7.71. The average molecular weight is 310 g/mol. The Morgan fingerprint density at radius 1 is 1.27 bits per heavy atom. The molecule has 0 radical (unpaired) electrons. The van der Waals surface area contributed by atoms with Crippen molar-refractivity contribution in [2.24, 2.45) is 0 Å². The maximum Gasteiger partial charge on any atom is 0.263 e. The van der Waals surface area contributed by atoms with Gasteiger partial charge in [-0.05, 0) is 44.9 Å². The lowest BCUT2D eigenvalue weighted by atomic mass is 10.1. The van der Waals surface area contributed by atoms with Crippen LogP contribution in [0.4, 0.5) is 8.78 Å². The quantitative estimate of drug-likeness (QED) is 0.929. The summed E-state index contributed by atoms with van der Waals surface area (Å²) in [6, 6.07) is 3.76. The predicted octanol–water partition coefficient (Wildman–Crippen LogP) is 2.08. The van der Waals surface area contributed by atoms with Gasteiger partial charge >= 0.3 is 0 Å². The highest BCUT2D eigenvalue weighted by Crippen LogP contribution is 2.29. The molecule has 4 nitrogen and oxygen atoms in total. The second-order valence-electron chi connectivity index (χ2n) is 5.96. The fourth-order valence-corrected chi connectivity index (χ4v) is 3.36. The van der Waals surface area contributed by atoms with Gasteiger partial charge in [0, 0.05) is 24.7 Å². The molecule has 2 heterocycles. The van der Waals surface area contributed by atoms with Crippen molar-refractivity contribution in [2.45, 2.75) is 44.4 Å². The van der Waals surface area contributed by atoms with Gasteiger partial charge in [0.2, 0.25) is 0 Å². The Morgan fingerprint density at radius 2 is 2.05 bits per heavy atom. The molecular weight excluding hydrogens is 290 g/mol. The van der Waals surface area contributed by atoms with E-state index in [1.165, 1.54) is 6.07 Å². The van der Waals surface area contributed by atoms with Gasteiger partial charge in [-0.3, -0.25) is 4.79 Å². The molecule has 0 aliphatic carbocycles. The van der Waals surface area contributed by atoms with Crippen LogP contribution in [0.3, 0.4) is 0 Å². The Labute approximate surface area is 128 Å². The number of carbonyl (C=O) groups excluding carboxylic acids is 1. The molecule has 0 spiro atoms. The van der Waals surface area contributed by atoms with Crippen LogP contribution in [-0.4, -0.2) is 42.1 Å². The zero-order valence-electron chi connectivity index (χ0n) is 12.5. The van der Waals surface area contributed by atoms with Crippen LogP contribution in [0.25, 0.3) is 0 Å². The zero-order chi connectivity index (χ0) is 15.7. The minimum atomic E-state index is -0.976. The topological polar surface area (TPSA) is 41.6 Å². The number of nitrogens with zero attached hydrogens (tertiary/aromatic N) is 1. The number of amides is 1. The molecule has 2 bridgehead atoms. The highest BCUT2D eigenvalue weighted by atomic mass is 19.2. The van der Waals surface area contributed by atoms with Gasteiger partial charge in [-0.25, -0.2) is 8.78 Å². The van der Waals surface area contributed by atoms with E-state index >= 15 is 0 Å². The van der Waals surface area contributed by atoms with Gasteiger partial charge in [0.15, 0.2) is 17.7 Å². The van der Waals surface area contributed by atoms with Gasteiger partial charge in [0.1, 0.15) is 5.75 Å². The van der Waals surface area contributed by atoms with Crippen LogP contribution in [0.15, 0.2) is 18.2 Å². The minimum Gasteiger partial charge on any atom is -0.481 e. The second kappa shape index (κ2) is 6.20. The zero-order valence-corrected chi connectivity index (χ0v) is 12.5. The van der Waals surface area contributed by atoms with Crippen molar-refractivity contribution in [3.8, 4) is 5.75 Å². The fraction of sp³-hybridized carbons (Fsp3) is 0.562. The monoisotopic (exact) mass is 310 g/mol. The van der Waals surface area contributed by atoms with Crippen LogP contribution in [0, 0.1) is 11.6 Å². The first-order valence-corrected chi connectivity index (χ1v) is 7.71. The highest BCUT2D eigenvalue weighted by molar-refractivity contribution is 5.82. The van der Waals surface area contributed by atoms with Gasteiger partial charge in [0.05, 0.1) is 0 Å². The van der Waals surface area contributed by atoms with E-state index in [0.29, 0.717) is 0 Å². The van der Waals surface area contributed by atoms with Crippen molar-refractivity contribution in [3.63, 3.8) is 0 Å². The molecule has 1 aromatic rings. The van der Waals surface area contributed by atoms with E-state index in [2.05, 4.69) is 5.32 Å². The maximum absolute atomic E-state index is 13.2. The standard InChI is InChI=1S/C16H20F2N2O2/c1-10(22-13-4-5-14(17)15(18)8-13)16(21)20-11-2-3-12(20)9-19-7-6-11/h4-5,8,10-12,19H,2-3,6-7,9H2,1H3. The molecule has 1 N–H and O–H groups in total. The molecule has 2 saturated heterocycles. The Bertz CT molecular complexity index is 553. The second-order valence-corrected chi connectivity index (χ2v) is 5.96.